The van der Waals surface area contributed by atoms with E-state index in [1.165, 1.54) is 11.6 Å². The maximum atomic E-state index is 12.5. The topological polar surface area (TPSA) is 75.9 Å². The first-order valence-electron chi connectivity index (χ1n) is 10.1. The second-order valence-electron chi connectivity index (χ2n) is 7.42. The molecule has 30 heavy (non-hydrogen) atoms. The summed E-state index contributed by atoms with van der Waals surface area (Å²) < 4.78 is 5.66. The Balaban J connectivity index is 1.53. The number of nitro benzene ring substituents is 1. The maximum absolute atomic E-state index is 12.5. The minimum absolute atomic E-state index is 0.0218. The van der Waals surface area contributed by atoms with Gasteiger partial charge in [0.2, 0.25) is 0 Å². The van der Waals surface area contributed by atoms with Crippen LogP contribution in [0.3, 0.4) is 0 Å². The van der Waals surface area contributed by atoms with Gasteiger partial charge in [0.25, 0.3) is 11.6 Å². The minimum Gasteiger partial charge on any atom is -0.484 e. The van der Waals surface area contributed by atoms with Crippen molar-refractivity contribution < 1.29 is 14.5 Å². The average Bonchev–Trinajstić information content (AvgIpc) is 2.77. The van der Waals surface area contributed by atoms with E-state index in [1.54, 1.807) is 17.0 Å². The molecule has 3 rings (SSSR count). The second kappa shape index (κ2) is 9.80. The predicted octanol–water partition coefficient (Wildman–Crippen LogP) is 4.49. The predicted molar refractivity (Wildman–Crippen MR) is 118 cm³/mol. The van der Waals surface area contributed by atoms with E-state index in [0.29, 0.717) is 48.6 Å². The quantitative estimate of drug-likeness (QED) is 0.477. The van der Waals surface area contributed by atoms with Crippen molar-refractivity contribution in [3.63, 3.8) is 0 Å². The van der Waals surface area contributed by atoms with Crippen LogP contribution in [-0.4, -0.2) is 48.5 Å². The Bertz CT molecular complexity index is 896. The average molecular weight is 432 g/mol. The van der Waals surface area contributed by atoms with Gasteiger partial charge in [-0.25, -0.2) is 0 Å². The lowest BCUT2D eigenvalue weighted by molar-refractivity contribution is -0.384. The molecule has 0 aromatic heterocycles. The standard InChI is InChI=1S/C22H26ClN3O4/c1-3-16(2)17-4-7-19(8-5-17)30-15-22(27)25-12-10-24(11-13-25)20-9-6-18(23)14-21(20)26(28)29/h4-9,14,16H,3,10-13,15H2,1-2H3/t16-/m0/s1. The molecule has 0 N–H and O–H groups in total. The molecular weight excluding hydrogens is 406 g/mol. The first-order chi connectivity index (χ1) is 14.4. The number of anilines is 1. The summed E-state index contributed by atoms with van der Waals surface area (Å²) in [5, 5.41) is 11.7. The SMILES string of the molecule is CC[C@H](C)c1ccc(OCC(=O)N2CCN(c3ccc(Cl)cc3[N+](=O)[O-])CC2)cc1. The Labute approximate surface area is 181 Å². The molecule has 1 saturated heterocycles. The van der Waals surface area contributed by atoms with Gasteiger partial charge in [-0.05, 0) is 42.2 Å². The van der Waals surface area contributed by atoms with E-state index in [1.807, 2.05) is 29.2 Å². The Morgan fingerprint density at radius 1 is 1.17 bits per heavy atom. The molecule has 0 bridgehead atoms. The number of nitro groups is 1. The third kappa shape index (κ3) is 5.21. The molecule has 7 nitrogen and oxygen atoms in total. The maximum Gasteiger partial charge on any atom is 0.294 e. The number of carbonyl (C=O) groups is 1. The van der Waals surface area contributed by atoms with Gasteiger partial charge in [-0.2, -0.15) is 0 Å². The fourth-order valence-electron chi connectivity index (χ4n) is 3.47. The van der Waals surface area contributed by atoms with Crippen molar-refractivity contribution in [1.82, 2.24) is 4.90 Å². The van der Waals surface area contributed by atoms with Gasteiger partial charge in [0.1, 0.15) is 11.4 Å². The van der Waals surface area contributed by atoms with E-state index >= 15 is 0 Å². The number of benzene rings is 2. The van der Waals surface area contributed by atoms with Gasteiger partial charge in [0.05, 0.1) is 4.92 Å². The molecule has 0 aliphatic carbocycles. The van der Waals surface area contributed by atoms with Crippen molar-refractivity contribution in [2.24, 2.45) is 0 Å². The normalized spacial score (nSPS) is 15.0. The van der Waals surface area contributed by atoms with Gasteiger partial charge in [-0.15, -0.1) is 0 Å². The molecule has 1 aliphatic heterocycles. The molecule has 1 atom stereocenters. The fraction of sp³-hybridized carbons (Fsp3) is 0.409. The minimum atomic E-state index is -0.431. The number of ether oxygens (including phenoxy) is 1. The number of hydrogen-bond acceptors (Lipinski definition) is 5. The van der Waals surface area contributed by atoms with E-state index in [2.05, 4.69) is 13.8 Å². The third-order valence-corrected chi connectivity index (χ3v) is 5.77. The molecule has 160 valence electrons. The van der Waals surface area contributed by atoms with E-state index in [-0.39, 0.29) is 18.2 Å². The first kappa shape index (κ1) is 21.9. The molecule has 8 heteroatoms. The van der Waals surface area contributed by atoms with Crippen molar-refractivity contribution in [2.75, 3.05) is 37.7 Å². The van der Waals surface area contributed by atoms with Gasteiger partial charge in [-0.1, -0.05) is 37.6 Å². The molecule has 1 amide bonds. The van der Waals surface area contributed by atoms with Gasteiger partial charge < -0.3 is 14.5 Å². The highest BCUT2D eigenvalue weighted by molar-refractivity contribution is 6.30. The van der Waals surface area contributed by atoms with Crippen molar-refractivity contribution in [3.8, 4) is 5.75 Å². The summed E-state index contributed by atoms with van der Waals surface area (Å²) in [6, 6.07) is 12.5. The van der Waals surface area contributed by atoms with Crippen LogP contribution in [0, 0.1) is 10.1 Å². The molecule has 2 aromatic carbocycles. The van der Waals surface area contributed by atoms with Crippen LogP contribution in [0.5, 0.6) is 5.75 Å². The van der Waals surface area contributed by atoms with Gasteiger partial charge in [0, 0.05) is 37.3 Å². The largest absolute Gasteiger partial charge is 0.484 e. The molecule has 1 fully saturated rings. The molecule has 1 heterocycles. The van der Waals surface area contributed by atoms with Crippen LogP contribution in [0.1, 0.15) is 31.7 Å². The fourth-order valence-corrected chi connectivity index (χ4v) is 3.64. The lowest BCUT2D eigenvalue weighted by Gasteiger charge is -2.35. The number of nitrogens with zero attached hydrogens (tertiary/aromatic N) is 3. The lowest BCUT2D eigenvalue weighted by atomic mass is 9.99. The van der Waals surface area contributed by atoms with Crippen LogP contribution in [0.15, 0.2) is 42.5 Å². The Morgan fingerprint density at radius 3 is 2.43 bits per heavy atom. The van der Waals surface area contributed by atoms with Gasteiger partial charge in [0.15, 0.2) is 6.61 Å². The summed E-state index contributed by atoms with van der Waals surface area (Å²) in [7, 11) is 0. The first-order valence-corrected chi connectivity index (χ1v) is 10.5. The number of halogens is 1. The van der Waals surface area contributed by atoms with Crippen molar-refractivity contribution in [2.45, 2.75) is 26.2 Å². The molecule has 0 saturated carbocycles. The van der Waals surface area contributed by atoms with Crippen LogP contribution in [0.25, 0.3) is 0 Å². The third-order valence-electron chi connectivity index (χ3n) is 5.53. The Hall–Kier alpha value is -2.80. The second-order valence-corrected chi connectivity index (χ2v) is 7.86. The Kier molecular flexibility index (Phi) is 7.15. The highest BCUT2D eigenvalue weighted by Gasteiger charge is 2.26. The van der Waals surface area contributed by atoms with Gasteiger partial charge in [-0.3, -0.25) is 14.9 Å². The van der Waals surface area contributed by atoms with Crippen LogP contribution in [-0.2, 0) is 4.79 Å². The summed E-state index contributed by atoms with van der Waals surface area (Å²) in [5.41, 5.74) is 1.75. The monoisotopic (exact) mass is 431 g/mol. The van der Waals surface area contributed by atoms with E-state index in [9.17, 15) is 14.9 Å². The van der Waals surface area contributed by atoms with Crippen molar-refractivity contribution in [3.05, 3.63) is 63.2 Å². The number of piperazine rings is 1. The summed E-state index contributed by atoms with van der Waals surface area (Å²) >= 11 is 5.89. The molecule has 2 aromatic rings. The van der Waals surface area contributed by atoms with E-state index < -0.39 is 4.92 Å². The molecule has 0 unspecified atom stereocenters. The highest BCUT2D eigenvalue weighted by Crippen LogP contribution is 2.31. The molecule has 1 aliphatic rings. The molecular formula is C22H26ClN3O4. The summed E-state index contributed by atoms with van der Waals surface area (Å²) in [4.78, 5) is 27.0. The van der Waals surface area contributed by atoms with Crippen LogP contribution in [0.4, 0.5) is 11.4 Å². The number of rotatable bonds is 7. The van der Waals surface area contributed by atoms with Crippen molar-refractivity contribution >= 4 is 28.9 Å². The smallest absolute Gasteiger partial charge is 0.294 e. The number of hydrogen-bond donors (Lipinski definition) is 0. The summed E-state index contributed by atoms with van der Waals surface area (Å²) in [6.45, 7) is 6.29. The highest BCUT2D eigenvalue weighted by atomic mass is 35.5. The summed E-state index contributed by atoms with van der Waals surface area (Å²) in [6.07, 6.45) is 1.07. The van der Waals surface area contributed by atoms with Crippen molar-refractivity contribution in [1.29, 1.82) is 0 Å². The zero-order valence-electron chi connectivity index (χ0n) is 17.2. The zero-order valence-corrected chi connectivity index (χ0v) is 18.0. The number of carbonyl (C=O) groups excluding carboxylic acids is 1. The van der Waals surface area contributed by atoms with E-state index in [4.69, 9.17) is 16.3 Å². The van der Waals surface area contributed by atoms with E-state index in [0.717, 1.165) is 6.42 Å². The summed E-state index contributed by atoms with van der Waals surface area (Å²) in [5.74, 6) is 1.07. The van der Waals surface area contributed by atoms with Crippen LogP contribution < -0.4 is 9.64 Å². The van der Waals surface area contributed by atoms with Gasteiger partial charge >= 0.3 is 0 Å². The molecule has 0 radical (unpaired) electrons. The number of amides is 1. The molecule has 0 spiro atoms. The zero-order chi connectivity index (χ0) is 21.7. The van der Waals surface area contributed by atoms with Crippen LogP contribution in [0.2, 0.25) is 5.02 Å². The lowest BCUT2D eigenvalue weighted by Crippen LogP contribution is -2.50. The Morgan fingerprint density at radius 2 is 1.83 bits per heavy atom. The van der Waals surface area contributed by atoms with Crippen LogP contribution >= 0.6 is 11.6 Å².